The summed E-state index contributed by atoms with van der Waals surface area (Å²) >= 11 is 0. The highest BCUT2D eigenvalue weighted by Gasteiger charge is 2.31. The number of H-pyrrole nitrogens is 1. The van der Waals surface area contributed by atoms with Gasteiger partial charge in [0.25, 0.3) is 0 Å². The molecule has 6 nitrogen and oxygen atoms in total. The number of hydrogen-bond donors (Lipinski definition) is 3. The van der Waals surface area contributed by atoms with Gasteiger partial charge in [-0.15, -0.1) is 0 Å². The van der Waals surface area contributed by atoms with Crippen LogP contribution in [0.25, 0.3) is 27.5 Å². The molecule has 0 aliphatic carbocycles. The largest absolute Gasteiger partial charge is 0.510 e. The highest BCUT2D eigenvalue weighted by atomic mass is 16.3. The minimum absolute atomic E-state index is 0.212. The molecule has 0 radical (unpaired) electrons. The Morgan fingerprint density at radius 2 is 2.03 bits per heavy atom. The predicted octanol–water partition coefficient (Wildman–Crippen LogP) is 4.17. The molecule has 29 heavy (non-hydrogen) atoms. The van der Waals surface area contributed by atoms with Crippen molar-refractivity contribution in [2.75, 3.05) is 13.1 Å². The Balaban J connectivity index is 1.40. The van der Waals surface area contributed by atoms with Crippen molar-refractivity contribution in [3.63, 3.8) is 0 Å². The summed E-state index contributed by atoms with van der Waals surface area (Å²) in [5.41, 5.74) is 5.89. The number of aromatic nitrogens is 3. The third-order valence-corrected chi connectivity index (χ3v) is 5.77. The third-order valence-electron chi connectivity index (χ3n) is 5.77. The lowest BCUT2D eigenvalue weighted by Gasteiger charge is -2.18. The first-order valence-corrected chi connectivity index (χ1v) is 9.77. The van der Waals surface area contributed by atoms with Crippen molar-refractivity contribution in [2.45, 2.75) is 13.3 Å². The van der Waals surface area contributed by atoms with Gasteiger partial charge in [-0.05, 0) is 42.7 Å². The molecule has 0 unspecified atom stereocenters. The van der Waals surface area contributed by atoms with Gasteiger partial charge in [0.1, 0.15) is 17.4 Å². The Morgan fingerprint density at radius 1 is 1.21 bits per heavy atom. The minimum Gasteiger partial charge on any atom is -0.510 e. The van der Waals surface area contributed by atoms with Crippen LogP contribution in [-0.2, 0) is 13.5 Å². The molecule has 146 valence electrons. The SMILES string of the molecule is Cc1ccc2c(c1)nc(C1=C(O)CN(CCc3c[nH]c4ccccc34)C1=N)n2C. The summed E-state index contributed by atoms with van der Waals surface area (Å²) in [7, 11) is 1.93. The van der Waals surface area contributed by atoms with E-state index in [1.54, 1.807) is 0 Å². The first-order valence-electron chi connectivity index (χ1n) is 9.77. The third kappa shape index (κ3) is 2.79. The van der Waals surface area contributed by atoms with Gasteiger partial charge in [0, 0.05) is 30.7 Å². The predicted molar refractivity (Wildman–Crippen MR) is 116 cm³/mol. The van der Waals surface area contributed by atoms with Crippen molar-refractivity contribution in [1.29, 1.82) is 5.41 Å². The van der Waals surface area contributed by atoms with Gasteiger partial charge in [-0.25, -0.2) is 4.98 Å². The molecule has 1 aliphatic heterocycles. The molecule has 2 aromatic heterocycles. The fourth-order valence-electron chi connectivity index (χ4n) is 4.19. The normalized spacial score (nSPS) is 14.7. The molecular weight excluding hydrogens is 362 g/mol. The molecule has 3 N–H and O–H groups in total. The Labute approximate surface area is 168 Å². The molecule has 2 aromatic carbocycles. The summed E-state index contributed by atoms with van der Waals surface area (Å²) in [6.07, 6.45) is 2.83. The van der Waals surface area contributed by atoms with Crippen LogP contribution in [0.4, 0.5) is 0 Å². The van der Waals surface area contributed by atoms with E-state index in [0.717, 1.165) is 28.5 Å². The number of imidazole rings is 1. The summed E-state index contributed by atoms with van der Waals surface area (Å²) in [5.74, 6) is 1.18. The van der Waals surface area contributed by atoms with Crippen LogP contribution in [0.3, 0.4) is 0 Å². The van der Waals surface area contributed by atoms with Gasteiger partial charge in [-0.1, -0.05) is 24.3 Å². The van der Waals surface area contributed by atoms with Gasteiger partial charge in [0.2, 0.25) is 0 Å². The van der Waals surface area contributed by atoms with E-state index in [0.29, 0.717) is 30.3 Å². The summed E-state index contributed by atoms with van der Waals surface area (Å²) in [6, 6.07) is 14.3. The molecular formula is C23H23N5O. The van der Waals surface area contributed by atoms with Gasteiger partial charge < -0.3 is 19.6 Å². The van der Waals surface area contributed by atoms with E-state index in [9.17, 15) is 5.11 Å². The zero-order valence-corrected chi connectivity index (χ0v) is 16.5. The van der Waals surface area contributed by atoms with Crippen LogP contribution in [0.5, 0.6) is 0 Å². The number of aliphatic hydroxyl groups is 1. The van der Waals surface area contributed by atoms with Gasteiger partial charge >= 0.3 is 0 Å². The number of nitrogens with zero attached hydrogens (tertiary/aromatic N) is 3. The molecule has 5 rings (SSSR count). The quantitative estimate of drug-likeness (QED) is 0.493. The monoisotopic (exact) mass is 385 g/mol. The number of aryl methyl sites for hydroxylation is 2. The van der Waals surface area contributed by atoms with E-state index in [4.69, 9.17) is 10.4 Å². The molecule has 0 bridgehead atoms. The second-order valence-electron chi connectivity index (χ2n) is 7.69. The number of aromatic amines is 1. The summed E-state index contributed by atoms with van der Waals surface area (Å²) in [6.45, 7) is 3.05. The van der Waals surface area contributed by atoms with E-state index in [1.165, 1.54) is 10.9 Å². The molecule has 0 amide bonds. The van der Waals surface area contributed by atoms with Crippen molar-refractivity contribution >= 4 is 33.3 Å². The molecule has 1 aliphatic rings. The summed E-state index contributed by atoms with van der Waals surface area (Å²) in [5, 5.41) is 20.5. The first kappa shape index (κ1) is 17.6. The van der Waals surface area contributed by atoms with Crippen molar-refractivity contribution < 1.29 is 5.11 Å². The maximum Gasteiger partial charge on any atom is 0.148 e. The van der Waals surface area contributed by atoms with Crippen molar-refractivity contribution in [3.05, 3.63) is 71.4 Å². The van der Waals surface area contributed by atoms with E-state index < -0.39 is 0 Å². The topological polar surface area (TPSA) is 80.9 Å². The lowest BCUT2D eigenvalue weighted by molar-refractivity contribution is 0.351. The average Bonchev–Trinajstić information content (AvgIpc) is 3.34. The van der Waals surface area contributed by atoms with Crippen LogP contribution >= 0.6 is 0 Å². The van der Waals surface area contributed by atoms with Gasteiger partial charge in [0.05, 0.1) is 23.2 Å². The molecule has 0 fully saturated rings. The molecule has 0 spiro atoms. The molecule has 6 heteroatoms. The van der Waals surface area contributed by atoms with Crippen LogP contribution in [-0.4, -0.2) is 43.5 Å². The number of fused-ring (bicyclic) bond motifs is 2. The highest BCUT2D eigenvalue weighted by Crippen LogP contribution is 2.29. The fraction of sp³-hybridized carbons (Fsp3) is 0.217. The number of hydrogen-bond acceptors (Lipinski definition) is 3. The Hall–Kier alpha value is -3.54. The second kappa shape index (κ2) is 6.51. The van der Waals surface area contributed by atoms with Gasteiger partial charge in [-0.2, -0.15) is 0 Å². The second-order valence-corrected chi connectivity index (χ2v) is 7.69. The van der Waals surface area contributed by atoms with Gasteiger partial charge in [0.15, 0.2) is 0 Å². The van der Waals surface area contributed by atoms with Gasteiger partial charge in [-0.3, -0.25) is 5.41 Å². The molecule has 0 saturated carbocycles. The van der Waals surface area contributed by atoms with Crippen LogP contribution in [0.2, 0.25) is 0 Å². The van der Waals surface area contributed by atoms with E-state index in [2.05, 4.69) is 23.2 Å². The zero-order chi connectivity index (χ0) is 20.1. The van der Waals surface area contributed by atoms with E-state index >= 15 is 0 Å². The van der Waals surface area contributed by atoms with Crippen LogP contribution in [0, 0.1) is 12.3 Å². The molecule has 3 heterocycles. The number of nitrogens with one attached hydrogen (secondary N) is 2. The first-order chi connectivity index (χ1) is 14.0. The van der Waals surface area contributed by atoms with Crippen LogP contribution in [0.1, 0.15) is 17.0 Å². The van der Waals surface area contributed by atoms with E-state index in [-0.39, 0.29) is 5.76 Å². The maximum atomic E-state index is 10.7. The van der Waals surface area contributed by atoms with Crippen molar-refractivity contribution in [3.8, 4) is 0 Å². The number of para-hydroxylation sites is 1. The van der Waals surface area contributed by atoms with Crippen molar-refractivity contribution in [1.82, 2.24) is 19.4 Å². The van der Waals surface area contributed by atoms with Crippen LogP contribution in [0.15, 0.2) is 54.4 Å². The number of aliphatic hydroxyl groups excluding tert-OH is 1. The lowest BCUT2D eigenvalue weighted by Crippen LogP contribution is -2.29. The standard InChI is InChI=1S/C23H23N5O/c1-14-7-8-19-18(11-14)26-23(27(19)2)21-20(29)13-28(22(21)24)10-9-15-12-25-17-6-4-3-5-16(15)17/h3-8,11-12,24-25,29H,9-10,13H2,1-2H3. The number of benzene rings is 2. The summed E-state index contributed by atoms with van der Waals surface area (Å²) in [4.78, 5) is 9.93. The van der Waals surface area contributed by atoms with E-state index in [1.807, 2.05) is 53.9 Å². The molecule has 0 saturated heterocycles. The number of amidine groups is 1. The Morgan fingerprint density at radius 3 is 2.90 bits per heavy atom. The lowest BCUT2D eigenvalue weighted by atomic mass is 10.1. The average molecular weight is 385 g/mol. The van der Waals surface area contributed by atoms with Crippen LogP contribution < -0.4 is 0 Å². The zero-order valence-electron chi connectivity index (χ0n) is 16.5. The fourth-order valence-corrected chi connectivity index (χ4v) is 4.19. The smallest absolute Gasteiger partial charge is 0.148 e. The minimum atomic E-state index is 0.212. The Kier molecular flexibility index (Phi) is 3.94. The number of rotatable bonds is 4. The van der Waals surface area contributed by atoms with Crippen molar-refractivity contribution in [2.24, 2.45) is 7.05 Å². The maximum absolute atomic E-state index is 10.7. The summed E-state index contributed by atoms with van der Waals surface area (Å²) < 4.78 is 1.96. The molecule has 4 aromatic rings. The molecule has 0 atom stereocenters. The highest BCUT2D eigenvalue weighted by molar-refractivity contribution is 6.23. The Bertz CT molecular complexity index is 1290.